The Morgan fingerprint density at radius 1 is 1.09 bits per heavy atom. The number of halogens is 2. The smallest absolute Gasteiger partial charge is 0.307 e. The van der Waals surface area contributed by atoms with Gasteiger partial charge in [0.1, 0.15) is 0 Å². The first kappa shape index (κ1) is 25.8. The first-order chi connectivity index (χ1) is 16.2. The molecule has 1 fully saturated rings. The number of hydrogen-bond donors (Lipinski definition) is 1. The van der Waals surface area contributed by atoms with Gasteiger partial charge in [0.2, 0.25) is 10.0 Å². The van der Waals surface area contributed by atoms with Gasteiger partial charge in [0.15, 0.2) is 17.7 Å². The van der Waals surface area contributed by atoms with Crippen LogP contribution in [0.2, 0.25) is 0 Å². The fraction of sp³-hybridized carbons (Fsp3) is 0.417. The third kappa shape index (κ3) is 7.07. The maximum absolute atomic E-state index is 13.3. The lowest BCUT2D eigenvalue weighted by Crippen LogP contribution is -2.44. The average Bonchev–Trinajstić information content (AvgIpc) is 2.81. The Kier molecular flexibility index (Phi) is 8.73. The summed E-state index contributed by atoms with van der Waals surface area (Å²) in [5.41, 5.74) is 1.27. The zero-order chi connectivity index (χ0) is 24.7. The van der Waals surface area contributed by atoms with Crippen LogP contribution in [0.25, 0.3) is 0 Å². The molecule has 184 valence electrons. The Morgan fingerprint density at radius 2 is 1.76 bits per heavy atom. The highest BCUT2D eigenvalue weighted by atomic mass is 32.2. The highest BCUT2D eigenvalue weighted by molar-refractivity contribution is 7.89. The van der Waals surface area contributed by atoms with Crippen LogP contribution in [0.4, 0.5) is 8.78 Å². The van der Waals surface area contributed by atoms with Crippen molar-refractivity contribution in [2.45, 2.75) is 43.6 Å². The predicted octanol–water partition coefficient (Wildman–Crippen LogP) is 3.05. The highest BCUT2D eigenvalue weighted by Crippen LogP contribution is 2.22. The number of amides is 1. The van der Waals surface area contributed by atoms with Gasteiger partial charge < -0.3 is 9.64 Å². The van der Waals surface area contributed by atoms with Crippen molar-refractivity contribution in [2.75, 3.05) is 19.6 Å². The topological polar surface area (TPSA) is 92.8 Å². The van der Waals surface area contributed by atoms with E-state index in [4.69, 9.17) is 4.74 Å². The SMILES string of the molecule is CC(OC(=O)CCNS(=O)(=O)c1ccc(F)c(F)c1)C(=O)N1CCC(Cc2ccccc2)CC1. The Balaban J connectivity index is 1.40. The van der Waals surface area contributed by atoms with Gasteiger partial charge in [-0.25, -0.2) is 21.9 Å². The molecule has 1 amide bonds. The molecule has 1 atom stereocenters. The Hall–Kier alpha value is -2.85. The van der Waals surface area contributed by atoms with E-state index in [0.29, 0.717) is 31.1 Å². The predicted molar refractivity (Wildman–Crippen MR) is 121 cm³/mol. The molecule has 34 heavy (non-hydrogen) atoms. The van der Waals surface area contributed by atoms with Crippen LogP contribution in [0.3, 0.4) is 0 Å². The van der Waals surface area contributed by atoms with Gasteiger partial charge in [0, 0.05) is 19.6 Å². The number of hydrogen-bond acceptors (Lipinski definition) is 5. The van der Waals surface area contributed by atoms with Crippen molar-refractivity contribution < 1.29 is 31.5 Å². The van der Waals surface area contributed by atoms with Crippen molar-refractivity contribution in [1.29, 1.82) is 0 Å². The number of sulfonamides is 1. The van der Waals surface area contributed by atoms with Gasteiger partial charge in [-0.15, -0.1) is 0 Å². The largest absolute Gasteiger partial charge is 0.452 e. The van der Waals surface area contributed by atoms with Crippen molar-refractivity contribution in [2.24, 2.45) is 5.92 Å². The highest BCUT2D eigenvalue weighted by Gasteiger charge is 2.28. The number of piperidine rings is 1. The van der Waals surface area contributed by atoms with E-state index < -0.39 is 38.6 Å². The average molecular weight is 495 g/mol. The normalized spacial score (nSPS) is 15.7. The van der Waals surface area contributed by atoms with Crippen LogP contribution in [0.1, 0.15) is 31.7 Å². The second kappa shape index (κ2) is 11.5. The number of likely N-dealkylation sites (tertiary alicyclic amines) is 1. The van der Waals surface area contributed by atoms with Crippen LogP contribution in [0.15, 0.2) is 53.4 Å². The Labute approximate surface area is 198 Å². The molecule has 1 N–H and O–H groups in total. The summed E-state index contributed by atoms with van der Waals surface area (Å²) in [5, 5.41) is 0. The molecule has 3 rings (SSSR count). The molecule has 1 heterocycles. The number of nitrogens with zero attached hydrogens (tertiary/aromatic N) is 1. The number of ether oxygens (including phenoxy) is 1. The number of carbonyl (C=O) groups is 2. The van der Waals surface area contributed by atoms with E-state index in [1.165, 1.54) is 12.5 Å². The number of rotatable bonds is 9. The number of esters is 1. The molecular weight excluding hydrogens is 466 g/mol. The maximum Gasteiger partial charge on any atom is 0.307 e. The first-order valence-electron chi connectivity index (χ1n) is 11.1. The van der Waals surface area contributed by atoms with Crippen LogP contribution in [0, 0.1) is 17.6 Å². The summed E-state index contributed by atoms with van der Waals surface area (Å²) in [6.07, 6.45) is 1.40. The van der Waals surface area contributed by atoms with Crippen molar-refractivity contribution in [3.63, 3.8) is 0 Å². The minimum Gasteiger partial charge on any atom is -0.452 e. The first-order valence-corrected chi connectivity index (χ1v) is 12.6. The molecule has 2 aromatic rings. The number of nitrogens with one attached hydrogen (secondary N) is 1. The van der Waals surface area contributed by atoms with E-state index in [1.807, 2.05) is 18.2 Å². The lowest BCUT2D eigenvalue weighted by atomic mass is 9.90. The molecular formula is C24H28F2N2O5S. The maximum atomic E-state index is 13.3. The van der Waals surface area contributed by atoms with E-state index in [9.17, 15) is 26.8 Å². The minimum atomic E-state index is -4.12. The zero-order valence-corrected chi connectivity index (χ0v) is 19.7. The summed E-state index contributed by atoms with van der Waals surface area (Å²) in [4.78, 5) is 26.0. The van der Waals surface area contributed by atoms with Gasteiger partial charge in [-0.3, -0.25) is 9.59 Å². The van der Waals surface area contributed by atoms with Gasteiger partial charge >= 0.3 is 5.97 Å². The van der Waals surface area contributed by atoms with Gasteiger partial charge in [-0.2, -0.15) is 0 Å². The van der Waals surface area contributed by atoms with Crippen LogP contribution >= 0.6 is 0 Å². The summed E-state index contributed by atoms with van der Waals surface area (Å²) in [6.45, 7) is 2.35. The molecule has 1 aliphatic rings. The molecule has 0 radical (unpaired) electrons. The third-order valence-corrected chi connectivity index (χ3v) is 7.23. The minimum absolute atomic E-state index is 0.283. The van der Waals surface area contributed by atoms with E-state index in [2.05, 4.69) is 16.9 Å². The van der Waals surface area contributed by atoms with E-state index in [1.54, 1.807) is 4.90 Å². The van der Waals surface area contributed by atoms with Crippen LogP contribution < -0.4 is 4.72 Å². The van der Waals surface area contributed by atoms with Gasteiger partial charge in [0.05, 0.1) is 11.3 Å². The van der Waals surface area contributed by atoms with E-state index in [0.717, 1.165) is 25.3 Å². The van der Waals surface area contributed by atoms with Gasteiger partial charge in [0.25, 0.3) is 5.91 Å². The molecule has 0 saturated carbocycles. The number of benzene rings is 2. The molecule has 7 nitrogen and oxygen atoms in total. The van der Waals surface area contributed by atoms with E-state index in [-0.39, 0.29) is 18.9 Å². The Morgan fingerprint density at radius 3 is 2.41 bits per heavy atom. The monoisotopic (exact) mass is 494 g/mol. The van der Waals surface area contributed by atoms with Crippen molar-refractivity contribution in [3.8, 4) is 0 Å². The fourth-order valence-corrected chi connectivity index (χ4v) is 4.93. The third-order valence-electron chi connectivity index (χ3n) is 5.77. The molecule has 0 spiro atoms. The fourth-order valence-electron chi connectivity index (χ4n) is 3.88. The zero-order valence-electron chi connectivity index (χ0n) is 18.9. The summed E-state index contributed by atoms with van der Waals surface area (Å²) >= 11 is 0. The molecule has 0 bridgehead atoms. The summed E-state index contributed by atoms with van der Waals surface area (Å²) in [6, 6.07) is 12.4. The van der Waals surface area contributed by atoms with Crippen molar-refractivity contribution in [1.82, 2.24) is 9.62 Å². The van der Waals surface area contributed by atoms with Crippen LogP contribution in [-0.4, -0.2) is 50.9 Å². The second-order valence-corrected chi connectivity index (χ2v) is 10.1. The summed E-state index contributed by atoms with van der Waals surface area (Å²) in [5.74, 6) is -2.99. The summed E-state index contributed by atoms with van der Waals surface area (Å²) < 4.78 is 57.9. The van der Waals surface area contributed by atoms with Crippen molar-refractivity contribution >= 4 is 21.9 Å². The lowest BCUT2D eigenvalue weighted by Gasteiger charge is -2.33. The standard InChI is InChI=1S/C24H28F2N2O5S/c1-17(24(30)28-13-10-19(11-14-28)15-18-5-3-2-4-6-18)33-23(29)9-12-27-34(31,32)20-7-8-21(25)22(26)16-20/h2-8,16-17,19,27H,9-15H2,1H3. The molecule has 1 unspecified atom stereocenters. The van der Waals surface area contributed by atoms with Crippen LogP contribution in [0.5, 0.6) is 0 Å². The molecule has 1 aliphatic heterocycles. The molecule has 0 aromatic heterocycles. The number of carbonyl (C=O) groups excluding carboxylic acids is 2. The molecule has 2 aromatic carbocycles. The van der Waals surface area contributed by atoms with Crippen molar-refractivity contribution in [3.05, 3.63) is 65.7 Å². The van der Waals surface area contributed by atoms with Gasteiger partial charge in [-0.05, 0) is 55.9 Å². The molecule has 10 heteroatoms. The van der Waals surface area contributed by atoms with E-state index >= 15 is 0 Å². The second-order valence-electron chi connectivity index (χ2n) is 8.31. The summed E-state index contributed by atoms with van der Waals surface area (Å²) in [7, 11) is -4.12. The molecule has 0 aliphatic carbocycles. The van der Waals surface area contributed by atoms with Gasteiger partial charge in [-0.1, -0.05) is 30.3 Å². The lowest BCUT2D eigenvalue weighted by molar-refractivity contribution is -0.159. The molecule has 1 saturated heterocycles. The Bertz CT molecular complexity index is 1100. The quantitative estimate of drug-likeness (QED) is 0.541. The van der Waals surface area contributed by atoms with Crippen LogP contribution in [-0.2, 0) is 30.8 Å².